The third kappa shape index (κ3) is 3.52. The molecule has 0 unspecified atom stereocenters. The van der Waals surface area contributed by atoms with Gasteiger partial charge in [0.05, 0.1) is 23.8 Å². The first-order valence-electron chi connectivity index (χ1n) is 7.12. The molecule has 0 amide bonds. The Morgan fingerprint density at radius 2 is 2.00 bits per heavy atom. The van der Waals surface area contributed by atoms with Crippen molar-refractivity contribution in [3.05, 3.63) is 69.7 Å². The van der Waals surface area contributed by atoms with Gasteiger partial charge in [-0.1, -0.05) is 30.3 Å². The van der Waals surface area contributed by atoms with Gasteiger partial charge in [-0.05, 0) is 12.1 Å². The van der Waals surface area contributed by atoms with Crippen LogP contribution in [-0.4, -0.2) is 17.0 Å². The fourth-order valence-corrected chi connectivity index (χ4v) is 2.94. The lowest BCUT2D eigenvalue weighted by Crippen LogP contribution is -2.00. The summed E-state index contributed by atoms with van der Waals surface area (Å²) in [6.45, 7) is 0.163. The first-order valence-corrected chi connectivity index (χ1v) is 8.00. The Kier molecular flexibility index (Phi) is 4.72. The highest BCUT2D eigenvalue weighted by Crippen LogP contribution is 2.32. The van der Waals surface area contributed by atoms with E-state index in [1.165, 1.54) is 30.6 Å². The van der Waals surface area contributed by atoms with Crippen LogP contribution < -0.4 is 9.47 Å². The minimum atomic E-state index is -0.492. The molecule has 24 heavy (non-hydrogen) atoms. The highest BCUT2D eigenvalue weighted by atomic mass is 32.1. The molecule has 7 heteroatoms. The van der Waals surface area contributed by atoms with Crippen molar-refractivity contribution in [2.75, 3.05) is 7.11 Å². The molecular weight excluding hydrogens is 328 g/mol. The predicted molar refractivity (Wildman–Crippen MR) is 91.5 cm³/mol. The molecule has 0 fully saturated rings. The first-order chi connectivity index (χ1) is 11.7. The van der Waals surface area contributed by atoms with Gasteiger partial charge in [0.25, 0.3) is 0 Å². The quantitative estimate of drug-likeness (QED) is 0.493. The van der Waals surface area contributed by atoms with Gasteiger partial charge >= 0.3 is 5.69 Å². The summed E-state index contributed by atoms with van der Waals surface area (Å²) in [5.41, 5.74) is 1.63. The molecule has 1 aromatic heterocycles. The summed E-state index contributed by atoms with van der Waals surface area (Å²) in [5.74, 6) is 0.601. The van der Waals surface area contributed by atoms with Crippen molar-refractivity contribution in [1.29, 1.82) is 0 Å². The molecular formula is C17H14N2O4S. The number of ether oxygens (including phenoxy) is 2. The molecule has 0 atom stereocenters. The van der Waals surface area contributed by atoms with E-state index >= 15 is 0 Å². The first kappa shape index (κ1) is 15.9. The van der Waals surface area contributed by atoms with Crippen LogP contribution in [0.15, 0.2) is 53.9 Å². The molecule has 0 bridgehead atoms. The minimum Gasteiger partial charge on any atom is -0.496 e. The van der Waals surface area contributed by atoms with E-state index in [2.05, 4.69) is 4.98 Å². The lowest BCUT2D eigenvalue weighted by atomic mass is 10.2. The number of methoxy groups -OCH3 is 1. The van der Waals surface area contributed by atoms with Gasteiger partial charge in [-0.15, -0.1) is 11.3 Å². The molecule has 2 aromatic carbocycles. The molecule has 0 aliphatic carbocycles. The Morgan fingerprint density at radius 1 is 1.21 bits per heavy atom. The smallest absolute Gasteiger partial charge is 0.314 e. The van der Waals surface area contributed by atoms with Crippen LogP contribution in [0.4, 0.5) is 5.69 Å². The van der Waals surface area contributed by atoms with Crippen LogP contribution in [0, 0.1) is 10.1 Å². The number of benzene rings is 2. The second-order valence-corrected chi connectivity index (χ2v) is 5.75. The lowest BCUT2D eigenvalue weighted by molar-refractivity contribution is -0.386. The van der Waals surface area contributed by atoms with Gasteiger partial charge in [0.1, 0.15) is 17.4 Å². The summed E-state index contributed by atoms with van der Waals surface area (Å²) < 4.78 is 10.6. The van der Waals surface area contributed by atoms with Gasteiger partial charge in [-0.2, -0.15) is 0 Å². The third-order valence-corrected chi connectivity index (χ3v) is 4.25. The van der Waals surface area contributed by atoms with E-state index in [1.807, 2.05) is 35.7 Å². The van der Waals surface area contributed by atoms with Gasteiger partial charge in [-0.25, -0.2) is 4.98 Å². The summed E-state index contributed by atoms with van der Waals surface area (Å²) in [6.07, 6.45) is 0. The summed E-state index contributed by atoms with van der Waals surface area (Å²) >= 11 is 1.51. The molecule has 0 spiro atoms. The molecule has 3 aromatic rings. The maximum atomic E-state index is 11.1. The average Bonchev–Trinajstić information content (AvgIpc) is 3.09. The molecule has 0 aliphatic rings. The summed E-state index contributed by atoms with van der Waals surface area (Å²) in [6, 6.07) is 14.3. The molecule has 0 saturated heterocycles. The fourth-order valence-electron chi connectivity index (χ4n) is 2.13. The predicted octanol–water partition coefficient (Wildman–Crippen LogP) is 4.31. The van der Waals surface area contributed by atoms with Gasteiger partial charge in [0.2, 0.25) is 0 Å². The van der Waals surface area contributed by atoms with E-state index in [-0.39, 0.29) is 18.0 Å². The average molecular weight is 342 g/mol. The minimum absolute atomic E-state index is 0.132. The standard InChI is InChI=1S/C17H14N2O4S/c1-22-14-7-8-16(15(9-14)19(20)21)23-10-13-11-24-17(18-13)12-5-3-2-4-6-12/h2-9,11H,10H2,1H3. The monoisotopic (exact) mass is 342 g/mol. The SMILES string of the molecule is COc1ccc(OCc2csc(-c3ccccc3)n2)c([N+](=O)[O-])c1. The van der Waals surface area contributed by atoms with Crippen molar-refractivity contribution in [2.24, 2.45) is 0 Å². The Labute approximate surface area is 142 Å². The Bertz CT molecular complexity index is 849. The number of hydrogen-bond acceptors (Lipinski definition) is 6. The lowest BCUT2D eigenvalue weighted by Gasteiger charge is -2.06. The molecule has 0 radical (unpaired) electrons. The zero-order valence-corrected chi connectivity index (χ0v) is 13.7. The van der Waals surface area contributed by atoms with Crippen molar-refractivity contribution < 1.29 is 14.4 Å². The van der Waals surface area contributed by atoms with Crippen LogP contribution in [0.5, 0.6) is 11.5 Å². The second-order valence-electron chi connectivity index (χ2n) is 4.89. The van der Waals surface area contributed by atoms with E-state index in [0.29, 0.717) is 5.75 Å². The van der Waals surface area contributed by atoms with Crippen LogP contribution in [0.25, 0.3) is 10.6 Å². The molecule has 3 rings (SSSR count). The number of hydrogen-bond donors (Lipinski definition) is 0. The number of rotatable bonds is 6. The van der Waals surface area contributed by atoms with Crippen LogP contribution in [0.1, 0.15) is 5.69 Å². The molecule has 122 valence electrons. The van der Waals surface area contributed by atoms with Crippen molar-refractivity contribution in [3.63, 3.8) is 0 Å². The second kappa shape index (κ2) is 7.10. The van der Waals surface area contributed by atoms with Gasteiger partial charge in [0.15, 0.2) is 5.75 Å². The summed E-state index contributed by atoms with van der Waals surface area (Å²) in [5, 5.41) is 13.9. The zero-order chi connectivity index (χ0) is 16.9. The Balaban J connectivity index is 1.75. The summed E-state index contributed by atoms with van der Waals surface area (Å²) in [4.78, 5) is 15.2. The number of nitro groups is 1. The maximum Gasteiger partial charge on any atom is 0.314 e. The van der Waals surface area contributed by atoms with Crippen molar-refractivity contribution in [2.45, 2.75) is 6.61 Å². The normalized spacial score (nSPS) is 10.4. The molecule has 6 nitrogen and oxygen atoms in total. The highest BCUT2D eigenvalue weighted by molar-refractivity contribution is 7.13. The van der Waals surface area contributed by atoms with Crippen molar-refractivity contribution >= 4 is 17.0 Å². The maximum absolute atomic E-state index is 11.1. The van der Waals surface area contributed by atoms with Gasteiger partial charge < -0.3 is 9.47 Å². The van der Waals surface area contributed by atoms with E-state index in [9.17, 15) is 10.1 Å². The van der Waals surface area contributed by atoms with Gasteiger partial charge in [-0.3, -0.25) is 10.1 Å². The number of nitro benzene ring substituents is 1. The topological polar surface area (TPSA) is 74.5 Å². The molecule has 0 aliphatic heterocycles. The van der Waals surface area contributed by atoms with Crippen LogP contribution >= 0.6 is 11.3 Å². The van der Waals surface area contributed by atoms with Gasteiger partial charge in [0, 0.05) is 10.9 Å². The number of nitrogens with zero attached hydrogens (tertiary/aromatic N) is 2. The largest absolute Gasteiger partial charge is 0.496 e. The molecule has 0 saturated carbocycles. The van der Waals surface area contributed by atoms with Crippen LogP contribution in [0.2, 0.25) is 0 Å². The summed E-state index contributed by atoms with van der Waals surface area (Å²) in [7, 11) is 1.46. The van der Waals surface area contributed by atoms with Crippen LogP contribution in [-0.2, 0) is 6.61 Å². The Hall–Kier alpha value is -2.93. The zero-order valence-electron chi connectivity index (χ0n) is 12.8. The Morgan fingerprint density at radius 3 is 2.71 bits per heavy atom. The van der Waals surface area contributed by atoms with E-state index in [1.54, 1.807) is 6.07 Å². The third-order valence-electron chi connectivity index (χ3n) is 3.31. The van der Waals surface area contributed by atoms with E-state index < -0.39 is 4.92 Å². The highest BCUT2D eigenvalue weighted by Gasteiger charge is 2.17. The number of aromatic nitrogens is 1. The van der Waals surface area contributed by atoms with E-state index in [4.69, 9.17) is 9.47 Å². The van der Waals surface area contributed by atoms with Crippen LogP contribution in [0.3, 0.4) is 0 Å². The molecule has 0 N–H and O–H groups in total. The van der Waals surface area contributed by atoms with Crippen molar-refractivity contribution in [1.82, 2.24) is 4.98 Å². The number of thiazole rings is 1. The fraction of sp³-hybridized carbons (Fsp3) is 0.118. The van der Waals surface area contributed by atoms with Crippen molar-refractivity contribution in [3.8, 4) is 22.1 Å². The van der Waals surface area contributed by atoms with E-state index in [0.717, 1.165) is 16.3 Å². The molecule has 1 heterocycles.